The molecular formula is C19H22N2O3. The van der Waals surface area contributed by atoms with E-state index < -0.39 is 6.09 Å². The molecule has 0 bridgehead atoms. The fourth-order valence-electron chi connectivity index (χ4n) is 2.13. The summed E-state index contributed by atoms with van der Waals surface area (Å²) in [5.74, 6) is -0.0293. The standard InChI is InChI=1S/C19H22N2O3/c22-18(12-11-16-7-3-1-4-8-16)20-13-14-21-19(23)24-15-17-9-5-2-6-10-17/h1-10H,11-15H2,(H,20,22)(H,21,23). The van der Waals surface area contributed by atoms with Gasteiger partial charge in [-0.3, -0.25) is 4.79 Å². The lowest BCUT2D eigenvalue weighted by Crippen LogP contribution is -2.35. The number of amides is 2. The van der Waals surface area contributed by atoms with Crippen LogP contribution >= 0.6 is 0 Å². The molecule has 0 aliphatic carbocycles. The molecule has 0 fully saturated rings. The molecule has 0 aliphatic heterocycles. The summed E-state index contributed by atoms with van der Waals surface area (Å²) in [6, 6.07) is 19.3. The van der Waals surface area contributed by atoms with Crippen molar-refractivity contribution in [2.45, 2.75) is 19.4 Å². The van der Waals surface area contributed by atoms with Crippen molar-refractivity contribution in [3.05, 3.63) is 71.8 Å². The molecule has 0 heterocycles. The van der Waals surface area contributed by atoms with E-state index in [1.54, 1.807) is 0 Å². The summed E-state index contributed by atoms with van der Waals surface area (Å²) in [6.07, 6.45) is 0.652. The maximum absolute atomic E-state index is 11.7. The number of carbonyl (C=O) groups excluding carboxylic acids is 2. The van der Waals surface area contributed by atoms with Crippen molar-refractivity contribution in [1.82, 2.24) is 10.6 Å². The van der Waals surface area contributed by atoms with Gasteiger partial charge in [-0.1, -0.05) is 60.7 Å². The molecule has 0 radical (unpaired) electrons. The first-order valence-corrected chi connectivity index (χ1v) is 7.99. The first-order chi connectivity index (χ1) is 11.7. The van der Waals surface area contributed by atoms with Crippen molar-refractivity contribution in [1.29, 1.82) is 0 Å². The Balaban J connectivity index is 1.52. The first kappa shape index (κ1) is 17.5. The summed E-state index contributed by atoms with van der Waals surface area (Å²) in [5, 5.41) is 5.38. The van der Waals surface area contributed by atoms with Gasteiger partial charge in [0.2, 0.25) is 5.91 Å². The Morgan fingerprint density at radius 2 is 1.38 bits per heavy atom. The van der Waals surface area contributed by atoms with Gasteiger partial charge in [0.1, 0.15) is 6.61 Å². The number of hydrogen-bond donors (Lipinski definition) is 2. The molecule has 0 aromatic heterocycles. The number of aryl methyl sites for hydroxylation is 1. The minimum Gasteiger partial charge on any atom is -0.445 e. The van der Waals surface area contributed by atoms with E-state index in [1.807, 2.05) is 60.7 Å². The number of hydrogen-bond acceptors (Lipinski definition) is 3. The second kappa shape index (κ2) is 10.0. The SMILES string of the molecule is O=C(CCc1ccccc1)NCCNC(=O)OCc1ccccc1. The highest BCUT2D eigenvalue weighted by Crippen LogP contribution is 2.02. The fraction of sp³-hybridized carbons (Fsp3) is 0.263. The highest BCUT2D eigenvalue weighted by Gasteiger charge is 2.04. The Morgan fingerprint density at radius 1 is 0.792 bits per heavy atom. The van der Waals surface area contributed by atoms with E-state index >= 15 is 0 Å². The molecule has 2 rings (SSSR count). The zero-order valence-corrected chi connectivity index (χ0v) is 13.5. The third-order valence-electron chi connectivity index (χ3n) is 3.41. The van der Waals surface area contributed by atoms with E-state index in [0.717, 1.165) is 11.1 Å². The molecule has 2 amide bonds. The normalized spacial score (nSPS) is 10.0. The molecule has 0 saturated carbocycles. The fourth-order valence-corrected chi connectivity index (χ4v) is 2.13. The predicted molar refractivity (Wildman–Crippen MR) is 92.4 cm³/mol. The predicted octanol–water partition coefficient (Wildman–Crippen LogP) is 2.66. The van der Waals surface area contributed by atoms with E-state index in [1.165, 1.54) is 0 Å². The van der Waals surface area contributed by atoms with Crippen LogP contribution in [-0.4, -0.2) is 25.1 Å². The Bertz CT molecular complexity index is 572. The summed E-state index contributed by atoms with van der Waals surface area (Å²) < 4.78 is 5.08. The second-order valence-corrected chi connectivity index (χ2v) is 5.32. The van der Waals surface area contributed by atoms with E-state index in [-0.39, 0.29) is 12.5 Å². The highest BCUT2D eigenvalue weighted by atomic mass is 16.5. The van der Waals surface area contributed by atoms with Crippen LogP contribution in [0.5, 0.6) is 0 Å². The molecule has 0 saturated heterocycles. The van der Waals surface area contributed by atoms with Gasteiger partial charge >= 0.3 is 6.09 Å². The lowest BCUT2D eigenvalue weighted by molar-refractivity contribution is -0.121. The first-order valence-electron chi connectivity index (χ1n) is 7.99. The number of ether oxygens (including phenoxy) is 1. The maximum Gasteiger partial charge on any atom is 0.407 e. The van der Waals surface area contributed by atoms with Crippen molar-refractivity contribution in [2.24, 2.45) is 0 Å². The van der Waals surface area contributed by atoms with Gasteiger partial charge < -0.3 is 15.4 Å². The topological polar surface area (TPSA) is 67.4 Å². The lowest BCUT2D eigenvalue weighted by Gasteiger charge is -2.08. The third kappa shape index (κ3) is 6.96. The minimum absolute atomic E-state index is 0.0293. The average molecular weight is 326 g/mol. The van der Waals surface area contributed by atoms with Crippen LogP contribution in [0.3, 0.4) is 0 Å². The van der Waals surface area contributed by atoms with Crippen molar-refractivity contribution in [3.8, 4) is 0 Å². The van der Waals surface area contributed by atoms with Crippen LogP contribution in [0.2, 0.25) is 0 Å². The Labute approximate surface area is 142 Å². The van der Waals surface area contributed by atoms with E-state index in [4.69, 9.17) is 4.74 Å². The van der Waals surface area contributed by atoms with Crippen molar-refractivity contribution >= 4 is 12.0 Å². The van der Waals surface area contributed by atoms with Crippen LogP contribution in [0.1, 0.15) is 17.5 Å². The van der Waals surface area contributed by atoms with Gasteiger partial charge in [-0.15, -0.1) is 0 Å². The molecule has 0 spiro atoms. The van der Waals surface area contributed by atoms with Gasteiger partial charge in [0.15, 0.2) is 0 Å². The maximum atomic E-state index is 11.7. The smallest absolute Gasteiger partial charge is 0.407 e. The summed E-state index contributed by atoms with van der Waals surface area (Å²) in [7, 11) is 0. The van der Waals surface area contributed by atoms with Crippen LogP contribution in [-0.2, 0) is 22.6 Å². The van der Waals surface area contributed by atoms with E-state index in [2.05, 4.69) is 10.6 Å². The van der Waals surface area contributed by atoms with Crippen molar-refractivity contribution in [2.75, 3.05) is 13.1 Å². The average Bonchev–Trinajstić information content (AvgIpc) is 2.63. The molecule has 2 aromatic carbocycles. The van der Waals surface area contributed by atoms with Crippen molar-refractivity contribution < 1.29 is 14.3 Å². The number of alkyl carbamates (subject to hydrolysis) is 1. The molecule has 2 N–H and O–H groups in total. The molecule has 126 valence electrons. The van der Waals surface area contributed by atoms with E-state index in [0.29, 0.717) is 25.9 Å². The molecule has 0 unspecified atom stereocenters. The molecule has 5 heteroatoms. The van der Waals surface area contributed by atoms with Crippen LogP contribution in [0, 0.1) is 0 Å². The van der Waals surface area contributed by atoms with Crippen LogP contribution in [0.15, 0.2) is 60.7 Å². The summed E-state index contributed by atoms with van der Waals surface area (Å²) in [4.78, 5) is 23.2. The number of benzene rings is 2. The molecular weight excluding hydrogens is 304 g/mol. The van der Waals surface area contributed by atoms with Crippen LogP contribution < -0.4 is 10.6 Å². The number of nitrogens with one attached hydrogen (secondary N) is 2. The largest absolute Gasteiger partial charge is 0.445 e. The zero-order chi connectivity index (χ0) is 17.0. The molecule has 0 aliphatic rings. The quantitative estimate of drug-likeness (QED) is 0.733. The summed E-state index contributed by atoms with van der Waals surface area (Å²) in [6.45, 7) is 0.953. The molecule has 2 aromatic rings. The van der Waals surface area contributed by atoms with Crippen molar-refractivity contribution in [3.63, 3.8) is 0 Å². The summed E-state index contributed by atoms with van der Waals surface area (Å²) >= 11 is 0. The summed E-state index contributed by atoms with van der Waals surface area (Å²) in [5.41, 5.74) is 2.07. The lowest BCUT2D eigenvalue weighted by atomic mass is 10.1. The number of carbonyl (C=O) groups is 2. The zero-order valence-electron chi connectivity index (χ0n) is 13.5. The van der Waals surface area contributed by atoms with Gasteiger partial charge in [-0.2, -0.15) is 0 Å². The second-order valence-electron chi connectivity index (χ2n) is 5.32. The van der Waals surface area contributed by atoms with Crippen LogP contribution in [0.25, 0.3) is 0 Å². The van der Waals surface area contributed by atoms with Gasteiger partial charge in [-0.25, -0.2) is 4.79 Å². The molecule has 0 atom stereocenters. The highest BCUT2D eigenvalue weighted by molar-refractivity contribution is 5.76. The Hall–Kier alpha value is -2.82. The minimum atomic E-state index is -0.489. The van der Waals surface area contributed by atoms with Gasteiger partial charge in [0, 0.05) is 19.5 Å². The molecule has 24 heavy (non-hydrogen) atoms. The van der Waals surface area contributed by atoms with Gasteiger partial charge in [-0.05, 0) is 17.5 Å². The number of rotatable bonds is 8. The van der Waals surface area contributed by atoms with Gasteiger partial charge in [0.25, 0.3) is 0 Å². The monoisotopic (exact) mass is 326 g/mol. The van der Waals surface area contributed by atoms with Crippen LogP contribution in [0.4, 0.5) is 4.79 Å². The Kier molecular flexibility index (Phi) is 7.34. The molecule has 5 nitrogen and oxygen atoms in total. The Morgan fingerprint density at radius 3 is 2.04 bits per heavy atom. The van der Waals surface area contributed by atoms with Gasteiger partial charge in [0.05, 0.1) is 0 Å². The third-order valence-corrected chi connectivity index (χ3v) is 3.41. The van der Waals surface area contributed by atoms with E-state index in [9.17, 15) is 9.59 Å².